The summed E-state index contributed by atoms with van der Waals surface area (Å²) in [6.07, 6.45) is 0.730. The monoisotopic (exact) mass is 223 g/mol. The molecule has 0 spiro atoms. The minimum Gasteiger partial charge on any atom is -0.267 e. The summed E-state index contributed by atoms with van der Waals surface area (Å²) < 4.78 is 1.22. The Morgan fingerprint density at radius 2 is 2.20 bits per heavy atom. The largest absolute Gasteiger partial charge is 0.274 e. The molecule has 0 unspecified atom stereocenters. The van der Waals surface area contributed by atoms with Gasteiger partial charge in [0.15, 0.2) is 10.8 Å². The molecule has 2 aromatic heterocycles. The number of hydrogen-bond acceptors (Lipinski definition) is 3. The predicted octanol–water partition coefficient (Wildman–Crippen LogP) is 1.61. The van der Waals surface area contributed by atoms with Crippen LogP contribution in [0.15, 0.2) is 16.9 Å². The summed E-state index contributed by atoms with van der Waals surface area (Å²) in [6, 6.07) is 3.24. The normalized spacial score (nSPS) is 10.9. The second kappa shape index (κ2) is 3.62. The lowest BCUT2D eigenvalue weighted by Crippen LogP contribution is -2.18. The maximum Gasteiger partial charge on any atom is 0.274 e. The van der Waals surface area contributed by atoms with E-state index < -0.39 is 0 Å². The van der Waals surface area contributed by atoms with E-state index in [2.05, 4.69) is 10.1 Å². The Kier molecular flexibility index (Phi) is 2.44. The van der Waals surface area contributed by atoms with E-state index in [9.17, 15) is 4.79 Å². The molecule has 5 heteroatoms. The number of aryl methyl sites for hydroxylation is 2. The molecule has 0 N–H and O–H groups in total. The second-order valence-corrected chi connectivity index (χ2v) is 3.69. The number of fused-ring (bicyclic) bond motifs is 1. The van der Waals surface area contributed by atoms with Gasteiger partial charge in [0.2, 0.25) is 0 Å². The quantitative estimate of drug-likeness (QED) is 0.738. The van der Waals surface area contributed by atoms with Crippen molar-refractivity contribution in [3.05, 3.63) is 38.9 Å². The first-order chi connectivity index (χ1) is 7.11. The Balaban J connectivity index is 2.86. The van der Waals surface area contributed by atoms with E-state index in [1.54, 1.807) is 6.07 Å². The Hall–Kier alpha value is -1.42. The molecule has 0 amide bonds. The Labute approximate surface area is 91.5 Å². The number of halogens is 1. The van der Waals surface area contributed by atoms with Crippen molar-refractivity contribution in [2.24, 2.45) is 0 Å². The third-order valence-electron chi connectivity index (χ3n) is 2.20. The van der Waals surface area contributed by atoms with Gasteiger partial charge in [-0.3, -0.25) is 4.79 Å². The van der Waals surface area contributed by atoms with Crippen molar-refractivity contribution in [3.63, 3.8) is 0 Å². The number of nitrogens with zero attached hydrogens (tertiary/aromatic N) is 3. The fourth-order valence-corrected chi connectivity index (χ4v) is 1.47. The topological polar surface area (TPSA) is 47.3 Å². The minimum absolute atomic E-state index is 0.196. The first-order valence-corrected chi connectivity index (χ1v) is 5.05. The maximum atomic E-state index is 11.6. The lowest BCUT2D eigenvalue weighted by atomic mass is 10.3. The molecule has 2 heterocycles. The Morgan fingerprint density at radius 3 is 2.87 bits per heavy atom. The van der Waals surface area contributed by atoms with Crippen molar-refractivity contribution in [3.8, 4) is 0 Å². The Morgan fingerprint density at radius 1 is 1.47 bits per heavy atom. The smallest absolute Gasteiger partial charge is 0.267 e. The zero-order valence-electron chi connectivity index (χ0n) is 8.49. The summed E-state index contributed by atoms with van der Waals surface area (Å²) in [5.41, 5.74) is 1.93. The van der Waals surface area contributed by atoms with Gasteiger partial charge in [0, 0.05) is 11.8 Å². The van der Waals surface area contributed by atoms with Gasteiger partial charge in [-0.25, -0.2) is 4.98 Å². The highest BCUT2D eigenvalue weighted by molar-refractivity contribution is 6.30. The molecule has 2 aromatic rings. The predicted molar refractivity (Wildman–Crippen MR) is 58.4 cm³/mol. The van der Waals surface area contributed by atoms with Crippen molar-refractivity contribution in [2.75, 3.05) is 0 Å². The van der Waals surface area contributed by atoms with Crippen LogP contribution < -0.4 is 5.56 Å². The highest BCUT2D eigenvalue weighted by atomic mass is 35.5. The molecular weight excluding hydrogens is 214 g/mol. The van der Waals surface area contributed by atoms with Crippen molar-refractivity contribution < 1.29 is 0 Å². The summed E-state index contributed by atoms with van der Waals surface area (Å²) in [5.74, 6) is 0. The van der Waals surface area contributed by atoms with Crippen LogP contribution in [0.1, 0.15) is 18.2 Å². The van der Waals surface area contributed by atoms with Crippen molar-refractivity contribution in [1.29, 1.82) is 0 Å². The lowest BCUT2D eigenvalue weighted by molar-refractivity contribution is 0.842. The van der Waals surface area contributed by atoms with Gasteiger partial charge in [-0.2, -0.15) is 9.61 Å². The SMILES string of the molecule is CCc1cc(=O)n2nc(Cl)c(C)cc2n1. The summed E-state index contributed by atoms with van der Waals surface area (Å²) in [6.45, 7) is 3.79. The van der Waals surface area contributed by atoms with E-state index in [4.69, 9.17) is 11.6 Å². The van der Waals surface area contributed by atoms with E-state index in [0.29, 0.717) is 10.8 Å². The van der Waals surface area contributed by atoms with Crippen LogP contribution in [0.5, 0.6) is 0 Å². The minimum atomic E-state index is -0.196. The van der Waals surface area contributed by atoms with Crippen LogP contribution in [-0.4, -0.2) is 14.6 Å². The third-order valence-corrected chi connectivity index (χ3v) is 2.57. The van der Waals surface area contributed by atoms with Gasteiger partial charge in [-0.1, -0.05) is 18.5 Å². The average molecular weight is 224 g/mol. The van der Waals surface area contributed by atoms with Crippen LogP contribution in [-0.2, 0) is 6.42 Å². The fourth-order valence-electron chi connectivity index (χ4n) is 1.34. The zero-order chi connectivity index (χ0) is 11.0. The molecule has 0 atom stereocenters. The number of aromatic nitrogens is 3. The molecule has 0 saturated carbocycles. The molecule has 0 saturated heterocycles. The van der Waals surface area contributed by atoms with E-state index in [1.807, 2.05) is 13.8 Å². The molecule has 0 aliphatic heterocycles. The number of hydrogen-bond donors (Lipinski definition) is 0. The third kappa shape index (κ3) is 1.72. The molecule has 4 nitrogen and oxygen atoms in total. The van der Waals surface area contributed by atoms with Crippen LogP contribution >= 0.6 is 11.6 Å². The van der Waals surface area contributed by atoms with Crippen molar-refractivity contribution in [1.82, 2.24) is 14.6 Å². The van der Waals surface area contributed by atoms with Gasteiger partial charge in [0.25, 0.3) is 5.56 Å². The van der Waals surface area contributed by atoms with Gasteiger partial charge in [0.1, 0.15) is 0 Å². The number of rotatable bonds is 1. The summed E-state index contributed by atoms with van der Waals surface area (Å²) >= 11 is 5.83. The first kappa shape index (κ1) is 10.1. The Bertz CT molecular complexity index is 577. The molecule has 0 radical (unpaired) electrons. The summed E-state index contributed by atoms with van der Waals surface area (Å²) in [5, 5.41) is 4.29. The molecule has 78 valence electrons. The zero-order valence-corrected chi connectivity index (χ0v) is 9.25. The van der Waals surface area contributed by atoms with E-state index in [1.165, 1.54) is 10.6 Å². The van der Waals surface area contributed by atoms with Gasteiger partial charge in [0.05, 0.1) is 0 Å². The van der Waals surface area contributed by atoms with Gasteiger partial charge in [-0.05, 0) is 25.0 Å². The molecule has 0 aliphatic rings. The van der Waals surface area contributed by atoms with Gasteiger partial charge in [-0.15, -0.1) is 0 Å². The molecule has 0 aromatic carbocycles. The standard InChI is InChI=1S/C10H10ClN3O/c1-3-7-5-9(15)14-8(12-7)4-6(2)10(11)13-14/h4-5H,3H2,1-2H3. The van der Waals surface area contributed by atoms with Gasteiger partial charge < -0.3 is 0 Å². The second-order valence-electron chi connectivity index (χ2n) is 3.33. The van der Waals surface area contributed by atoms with E-state index in [0.717, 1.165) is 17.7 Å². The molecule has 2 rings (SSSR count). The van der Waals surface area contributed by atoms with Gasteiger partial charge >= 0.3 is 0 Å². The van der Waals surface area contributed by atoms with Crippen LogP contribution in [0.25, 0.3) is 5.65 Å². The molecule has 0 bridgehead atoms. The first-order valence-electron chi connectivity index (χ1n) is 4.68. The molecular formula is C10H10ClN3O. The maximum absolute atomic E-state index is 11.6. The lowest BCUT2D eigenvalue weighted by Gasteiger charge is -2.03. The molecule has 0 fully saturated rings. The highest BCUT2D eigenvalue weighted by Crippen LogP contribution is 2.11. The van der Waals surface area contributed by atoms with Crippen LogP contribution in [0, 0.1) is 6.92 Å². The summed E-state index contributed by atoms with van der Waals surface area (Å²) in [4.78, 5) is 15.9. The van der Waals surface area contributed by atoms with Crippen molar-refractivity contribution >= 4 is 17.2 Å². The fraction of sp³-hybridized carbons (Fsp3) is 0.300. The molecule has 15 heavy (non-hydrogen) atoms. The molecule has 0 aliphatic carbocycles. The van der Waals surface area contributed by atoms with Crippen molar-refractivity contribution in [2.45, 2.75) is 20.3 Å². The summed E-state index contributed by atoms with van der Waals surface area (Å²) in [7, 11) is 0. The van der Waals surface area contributed by atoms with Crippen LogP contribution in [0.3, 0.4) is 0 Å². The van der Waals surface area contributed by atoms with E-state index >= 15 is 0 Å². The highest BCUT2D eigenvalue weighted by Gasteiger charge is 2.05. The van der Waals surface area contributed by atoms with Crippen LogP contribution in [0.4, 0.5) is 0 Å². The van der Waals surface area contributed by atoms with E-state index in [-0.39, 0.29) is 5.56 Å². The average Bonchev–Trinajstić information content (AvgIpc) is 2.21. The van der Waals surface area contributed by atoms with Crippen LogP contribution in [0.2, 0.25) is 5.15 Å².